The maximum Gasteiger partial charge on any atom is 0.223 e. The lowest BCUT2D eigenvalue weighted by molar-refractivity contribution is -0.122. The van der Waals surface area contributed by atoms with Gasteiger partial charge in [0.2, 0.25) is 5.91 Å². The van der Waals surface area contributed by atoms with Crippen LogP contribution in [0.25, 0.3) is 0 Å². The normalized spacial score (nSPS) is 29.7. The van der Waals surface area contributed by atoms with Crippen LogP contribution in [0.2, 0.25) is 0 Å². The second kappa shape index (κ2) is 3.12. The first-order chi connectivity index (χ1) is 6.68. The summed E-state index contributed by atoms with van der Waals surface area (Å²) < 4.78 is 0. The van der Waals surface area contributed by atoms with Crippen LogP contribution in [0.15, 0.2) is 30.3 Å². The molecule has 0 radical (unpaired) electrons. The summed E-state index contributed by atoms with van der Waals surface area (Å²) in [6, 6.07) is 10.3. The van der Waals surface area contributed by atoms with Crippen LogP contribution in [0.4, 0.5) is 0 Å². The van der Waals surface area contributed by atoms with Crippen molar-refractivity contribution in [3.8, 4) is 0 Å². The molecule has 1 aromatic rings. The largest absolute Gasteiger partial charge is 0.359 e. The van der Waals surface area contributed by atoms with Crippen molar-refractivity contribution in [2.45, 2.75) is 18.8 Å². The maximum atomic E-state index is 11.5. The van der Waals surface area contributed by atoms with Gasteiger partial charge in [-0.15, -0.1) is 0 Å². The zero-order chi connectivity index (χ0) is 10.2. The molecule has 0 aromatic heterocycles. The van der Waals surface area contributed by atoms with Crippen molar-refractivity contribution >= 4 is 5.91 Å². The number of amides is 1. The molecule has 1 N–H and O–H groups in total. The summed E-state index contributed by atoms with van der Waals surface area (Å²) in [6.45, 7) is 2.15. The maximum absolute atomic E-state index is 11.5. The molecule has 2 heteroatoms. The van der Waals surface area contributed by atoms with Crippen LogP contribution in [-0.4, -0.2) is 13.0 Å². The van der Waals surface area contributed by atoms with Gasteiger partial charge in [0.05, 0.1) is 0 Å². The monoisotopic (exact) mass is 189 g/mol. The molecule has 0 saturated heterocycles. The molecule has 1 saturated carbocycles. The number of hydrogen-bond donors (Lipinski definition) is 1. The molecule has 2 rings (SSSR count). The minimum absolute atomic E-state index is 0.0708. The highest BCUT2D eigenvalue weighted by atomic mass is 16.2. The Bertz CT molecular complexity index is 347. The van der Waals surface area contributed by atoms with E-state index in [1.807, 2.05) is 18.2 Å². The number of carbonyl (C=O) groups excluding carboxylic acids is 1. The van der Waals surface area contributed by atoms with E-state index >= 15 is 0 Å². The molecule has 2 nitrogen and oxygen atoms in total. The Morgan fingerprint density at radius 2 is 2.07 bits per heavy atom. The van der Waals surface area contributed by atoms with E-state index in [9.17, 15) is 4.79 Å². The fraction of sp³-hybridized carbons (Fsp3) is 0.417. The van der Waals surface area contributed by atoms with Gasteiger partial charge in [-0.3, -0.25) is 4.79 Å². The molecular weight excluding hydrogens is 174 g/mol. The first kappa shape index (κ1) is 9.25. The summed E-state index contributed by atoms with van der Waals surface area (Å²) in [7, 11) is 1.70. The van der Waals surface area contributed by atoms with Crippen LogP contribution in [0.3, 0.4) is 0 Å². The fourth-order valence-electron chi connectivity index (χ4n) is 2.06. The highest BCUT2D eigenvalue weighted by Gasteiger charge is 2.55. The Labute approximate surface area is 84.3 Å². The molecule has 1 aliphatic carbocycles. The van der Waals surface area contributed by atoms with Gasteiger partial charge in [0.15, 0.2) is 0 Å². The second-order valence-corrected chi connectivity index (χ2v) is 4.15. The Kier molecular flexibility index (Phi) is 2.06. The topological polar surface area (TPSA) is 29.1 Å². The number of benzene rings is 1. The van der Waals surface area contributed by atoms with Crippen LogP contribution in [0.5, 0.6) is 0 Å². The molecule has 0 spiro atoms. The lowest BCUT2D eigenvalue weighted by atomic mass is 9.95. The summed E-state index contributed by atoms with van der Waals surface area (Å²) in [5, 5.41) is 2.71. The van der Waals surface area contributed by atoms with Crippen molar-refractivity contribution < 1.29 is 4.79 Å². The zero-order valence-corrected chi connectivity index (χ0v) is 8.58. The predicted molar refractivity (Wildman–Crippen MR) is 56.0 cm³/mol. The van der Waals surface area contributed by atoms with Gasteiger partial charge in [0.25, 0.3) is 0 Å². The lowest BCUT2D eigenvalue weighted by Gasteiger charge is -2.10. The van der Waals surface area contributed by atoms with E-state index < -0.39 is 0 Å². The SMILES string of the molecule is CNC(=O)[C@@H]1C[C@@]1(C)c1ccccc1. The third-order valence-electron chi connectivity index (χ3n) is 3.23. The Hall–Kier alpha value is -1.31. The average Bonchev–Trinajstić information content (AvgIpc) is 2.93. The van der Waals surface area contributed by atoms with Crippen molar-refractivity contribution in [3.63, 3.8) is 0 Å². The Morgan fingerprint density at radius 3 is 2.64 bits per heavy atom. The van der Waals surface area contributed by atoms with E-state index in [1.165, 1.54) is 5.56 Å². The van der Waals surface area contributed by atoms with E-state index in [0.717, 1.165) is 6.42 Å². The van der Waals surface area contributed by atoms with Gasteiger partial charge >= 0.3 is 0 Å². The standard InChI is InChI=1S/C12H15NO/c1-12(8-10(12)11(14)13-2)9-6-4-3-5-7-9/h3-7,10H,8H2,1-2H3,(H,13,14)/t10-,12-/m0/s1. The van der Waals surface area contributed by atoms with Gasteiger partial charge in [0, 0.05) is 18.4 Å². The van der Waals surface area contributed by atoms with Crippen molar-refractivity contribution in [1.82, 2.24) is 5.32 Å². The molecule has 0 bridgehead atoms. The summed E-state index contributed by atoms with van der Waals surface area (Å²) in [5.74, 6) is 0.325. The molecule has 0 heterocycles. The van der Waals surface area contributed by atoms with E-state index in [4.69, 9.17) is 0 Å². The Balaban J connectivity index is 2.19. The van der Waals surface area contributed by atoms with Crippen molar-refractivity contribution in [2.24, 2.45) is 5.92 Å². The van der Waals surface area contributed by atoms with Gasteiger partial charge in [-0.2, -0.15) is 0 Å². The first-order valence-corrected chi connectivity index (χ1v) is 4.95. The minimum atomic E-state index is 0.0708. The first-order valence-electron chi connectivity index (χ1n) is 4.95. The average molecular weight is 189 g/mol. The molecule has 74 valence electrons. The third kappa shape index (κ3) is 1.31. The van der Waals surface area contributed by atoms with E-state index in [0.29, 0.717) is 0 Å². The van der Waals surface area contributed by atoms with Crippen molar-refractivity contribution in [3.05, 3.63) is 35.9 Å². The molecule has 0 unspecified atom stereocenters. The molecule has 1 aromatic carbocycles. The molecule has 1 fully saturated rings. The quantitative estimate of drug-likeness (QED) is 0.754. The van der Waals surface area contributed by atoms with E-state index in [2.05, 4.69) is 24.4 Å². The van der Waals surface area contributed by atoms with Gasteiger partial charge in [-0.05, 0) is 12.0 Å². The van der Waals surface area contributed by atoms with Crippen LogP contribution < -0.4 is 5.32 Å². The molecule has 2 atom stereocenters. The molecule has 1 amide bonds. The number of carbonyl (C=O) groups is 1. The van der Waals surface area contributed by atoms with Crippen LogP contribution in [0.1, 0.15) is 18.9 Å². The third-order valence-corrected chi connectivity index (χ3v) is 3.23. The number of rotatable bonds is 2. The summed E-state index contributed by atoms with van der Waals surface area (Å²) in [6.07, 6.45) is 0.969. The lowest BCUT2D eigenvalue weighted by Crippen LogP contribution is -2.23. The van der Waals surface area contributed by atoms with Crippen molar-refractivity contribution in [2.75, 3.05) is 7.05 Å². The van der Waals surface area contributed by atoms with E-state index in [1.54, 1.807) is 7.05 Å². The van der Waals surface area contributed by atoms with Gasteiger partial charge in [0.1, 0.15) is 0 Å². The smallest absolute Gasteiger partial charge is 0.223 e. The Morgan fingerprint density at radius 1 is 1.43 bits per heavy atom. The van der Waals surface area contributed by atoms with Gasteiger partial charge in [-0.25, -0.2) is 0 Å². The van der Waals surface area contributed by atoms with Crippen LogP contribution in [-0.2, 0) is 10.2 Å². The molecule has 0 aliphatic heterocycles. The molecule has 1 aliphatic rings. The summed E-state index contributed by atoms with van der Waals surface area (Å²) in [4.78, 5) is 11.5. The zero-order valence-electron chi connectivity index (χ0n) is 8.58. The molecule has 14 heavy (non-hydrogen) atoms. The highest BCUT2D eigenvalue weighted by molar-refractivity contribution is 5.83. The van der Waals surface area contributed by atoms with Crippen LogP contribution >= 0.6 is 0 Å². The summed E-state index contributed by atoms with van der Waals surface area (Å²) >= 11 is 0. The van der Waals surface area contributed by atoms with Crippen LogP contribution in [0, 0.1) is 5.92 Å². The number of nitrogens with one attached hydrogen (secondary N) is 1. The molecular formula is C12H15NO. The van der Waals surface area contributed by atoms with Gasteiger partial charge < -0.3 is 5.32 Å². The second-order valence-electron chi connectivity index (χ2n) is 4.15. The predicted octanol–water partition coefficient (Wildman–Crippen LogP) is 1.71. The van der Waals surface area contributed by atoms with Gasteiger partial charge in [-0.1, -0.05) is 37.3 Å². The van der Waals surface area contributed by atoms with Crippen molar-refractivity contribution in [1.29, 1.82) is 0 Å². The fourth-order valence-corrected chi connectivity index (χ4v) is 2.06. The highest BCUT2D eigenvalue weighted by Crippen LogP contribution is 2.53. The minimum Gasteiger partial charge on any atom is -0.359 e. The number of hydrogen-bond acceptors (Lipinski definition) is 1. The summed E-state index contributed by atoms with van der Waals surface area (Å²) in [5.41, 5.74) is 1.34. The van der Waals surface area contributed by atoms with E-state index in [-0.39, 0.29) is 17.2 Å².